The highest BCUT2D eigenvalue weighted by atomic mass is 31.2. The minimum atomic E-state index is -3.24. The van der Waals surface area contributed by atoms with E-state index < -0.39 is 19.4 Å². The molecule has 4 nitrogen and oxygen atoms in total. The number of hydrogen-bond donors (Lipinski definition) is 1. The molecule has 1 aliphatic rings. The van der Waals surface area contributed by atoms with Crippen LogP contribution in [0.4, 0.5) is 0 Å². The standard InChI is InChI=1S/C14H29O4P/c1-8-17-19(16,18-9-2)10(3)11(15)12-13(4,5)14(12,6)7/h10-12,15H,8-9H2,1-7H3. The third kappa shape index (κ3) is 2.78. The van der Waals surface area contributed by atoms with Gasteiger partial charge in [-0.3, -0.25) is 4.57 Å². The van der Waals surface area contributed by atoms with Crippen molar-refractivity contribution in [2.24, 2.45) is 16.7 Å². The maximum absolute atomic E-state index is 12.7. The lowest BCUT2D eigenvalue weighted by Gasteiger charge is -2.28. The van der Waals surface area contributed by atoms with Crippen molar-refractivity contribution < 1.29 is 18.7 Å². The fraction of sp³-hybridized carbons (Fsp3) is 1.00. The Labute approximate surface area is 117 Å². The highest BCUT2D eigenvalue weighted by molar-refractivity contribution is 7.54. The van der Waals surface area contributed by atoms with Gasteiger partial charge in [-0.15, -0.1) is 0 Å². The minimum Gasteiger partial charge on any atom is -0.392 e. The molecule has 0 aromatic rings. The fourth-order valence-corrected chi connectivity index (χ4v) is 5.01. The van der Waals surface area contributed by atoms with E-state index >= 15 is 0 Å². The third-order valence-electron chi connectivity index (χ3n) is 5.09. The fourth-order valence-electron chi connectivity index (χ4n) is 3.20. The summed E-state index contributed by atoms with van der Waals surface area (Å²) < 4.78 is 23.4. The van der Waals surface area contributed by atoms with E-state index in [1.54, 1.807) is 20.8 Å². The van der Waals surface area contributed by atoms with Gasteiger partial charge in [-0.25, -0.2) is 0 Å². The van der Waals surface area contributed by atoms with Gasteiger partial charge in [0.05, 0.1) is 25.0 Å². The van der Waals surface area contributed by atoms with Crippen LogP contribution in [-0.2, 0) is 13.6 Å². The van der Waals surface area contributed by atoms with Crippen LogP contribution in [-0.4, -0.2) is 30.1 Å². The molecule has 0 heterocycles. The second kappa shape index (κ2) is 5.48. The zero-order valence-corrected chi connectivity index (χ0v) is 14.2. The second-order valence-electron chi connectivity index (χ2n) is 6.53. The quantitative estimate of drug-likeness (QED) is 0.727. The van der Waals surface area contributed by atoms with Gasteiger partial charge in [0.25, 0.3) is 0 Å². The molecule has 114 valence electrons. The molecule has 0 radical (unpaired) electrons. The van der Waals surface area contributed by atoms with Crippen molar-refractivity contribution in [1.82, 2.24) is 0 Å². The third-order valence-corrected chi connectivity index (χ3v) is 7.62. The van der Waals surface area contributed by atoms with Crippen LogP contribution in [0.15, 0.2) is 0 Å². The maximum Gasteiger partial charge on any atom is 0.336 e. The van der Waals surface area contributed by atoms with Crippen LogP contribution in [0.5, 0.6) is 0 Å². The van der Waals surface area contributed by atoms with Crippen molar-refractivity contribution in [2.75, 3.05) is 13.2 Å². The van der Waals surface area contributed by atoms with Crippen molar-refractivity contribution in [3.05, 3.63) is 0 Å². The van der Waals surface area contributed by atoms with E-state index in [-0.39, 0.29) is 16.7 Å². The van der Waals surface area contributed by atoms with E-state index in [1.165, 1.54) is 0 Å². The van der Waals surface area contributed by atoms with E-state index in [4.69, 9.17) is 9.05 Å². The first-order valence-corrected chi connectivity index (χ1v) is 8.74. The molecule has 1 rings (SSSR count). The van der Waals surface area contributed by atoms with Gasteiger partial charge in [-0.1, -0.05) is 27.7 Å². The molecule has 19 heavy (non-hydrogen) atoms. The Bertz CT molecular complexity index is 340. The first-order chi connectivity index (χ1) is 8.56. The summed E-state index contributed by atoms with van der Waals surface area (Å²) in [4.78, 5) is 0. The molecule has 1 fully saturated rings. The average molecular weight is 292 g/mol. The van der Waals surface area contributed by atoms with Gasteiger partial charge in [0.2, 0.25) is 0 Å². The minimum absolute atomic E-state index is 0.0456. The largest absolute Gasteiger partial charge is 0.392 e. The molecule has 5 heteroatoms. The molecule has 0 spiro atoms. The van der Waals surface area contributed by atoms with Gasteiger partial charge >= 0.3 is 7.60 Å². The Hall–Kier alpha value is 0.110. The Kier molecular flexibility index (Phi) is 4.95. The molecular formula is C14H29O4P. The number of aliphatic hydroxyl groups excluding tert-OH is 1. The molecule has 2 unspecified atom stereocenters. The van der Waals surface area contributed by atoms with Crippen LogP contribution in [0.3, 0.4) is 0 Å². The smallest absolute Gasteiger partial charge is 0.336 e. The predicted molar refractivity (Wildman–Crippen MR) is 77.4 cm³/mol. The number of rotatable bonds is 7. The zero-order chi connectivity index (χ0) is 15.1. The van der Waals surface area contributed by atoms with Crippen LogP contribution >= 0.6 is 7.60 Å². The van der Waals surface area contributed by atoms with Crippen LogP contribution in [0.2, 0.25) is 0 Å². The van der Waals surface area contributed by atoms with Crippen LogP contribution in [0.1, 0.15) is 48.5 Å². The average Bonchev–Trinajstić information content (AvgIpc) is 2.68. The Balaban J connectivity index is 2.88. The molecular weight excluding hydrogens is 263 g/mol. The molecule has 1 N–H and O–H groups in total. The zero-order valence-electron chi connectivity index (χ0n) is 13.3. The summed E-state index contributed by atoms with van der Waals surface area (Å²) in [5.41, 5.74) is -0.410. The van der Waals surface area contributed by atoms with Gasteiger partial charge < -0.3 is 14.2 Å². The molecule has 0 aliphatic heterocycles. The molecule has 0 amide bonds. The summed E-state index contributed by atoms with van der Waals surface area (Å²) >= 11 is 0. The molecule has 0 bridgehead atoms. The van der Waals surface area contributed by atoms with Crippen LogP contribution in [0.25, 0.3) is 0 Å². The molecule has 2 atom stereocenters. The van der Waals surface area contributed by atoms with E-state index in [1.807, 2.05) is 0 Å². The van der Waals surface area contributed by atoms with Gasteiger partial charge in [0, 0.05) is 0 Å². The Morgan fingerprint density at radius 2 is 1.47 bits per heavy atom. The van der Waals surface area contributed by atoms with E-state index in [0.717, 1.165) is 0 Å². The molecule has 0 aromatic heterocycles. The molecule has 0 aromatic carbocycles. The predicted octanol–water partition coefficient (Wildman–Crippen LogP) is 3.68. The van der Waals surface area contributed by atoms with Crippen molar-refractivity contribution in [1.29, 1.82) is 0 Å². The van der Waals surface area contributed by atoms with Crippen molar-refractivity contribution in [2.45, 2.75) is 60.2 Å². The number of hydrogen-bond acceptors (Lipinski definition) is 4. The normalized spacial score (nSPS) is 25.1. The highest BCUT2D eigenvalue weighted by Gasteiger charge is 2.68. The van der Waals surface area contributed by atoms with Crippen molar-refractivity contribution >= 4 is 7.60 Å². The van der Waals surface area contributed by atoms with Gasteiger partial charge in [-0.2, -0.15) is 0 Å². The van der Waals surface area contributed by atoms with Gasteiger partial charge in [-0.05, 0) is 37.5 Å². The van der Waals surface area contributed by atoms with Crippen LogP contribution in [0, 0.1) is 16.7 Å². The monoisotopic (exact) mass is 292 g/mol. The molecule has 0 saturated heterocycles. The Morgan fingerprint density at radius 1 is 1.11 bits per heavy atom. The summed E-state index contributed by atoms with van der Waals surface area (Å²) in [5.74, 6) is 0.115. The lowest BCUT2D eigenvalue weighted by Crippen LogP contribution is -2.29. The summed E-state index contributed by atoms with van der Waals surface area (Å²) in [7, 11) is -3.24. The van der Waals surface area contributed by atoms with Crippen LogP contribution < -0.4 is 0 Å². The van der Waals surface area contributed by atoms with E-state index in [9.17, 15) is 9.67 Å². The van der Waals surface area contributed by atoms with Crippen molar-refractivity contribution in [3.63, 3.8) is 0 Å². The first-order valence-electron chi connectivity index (χ1n) is 7.13. The maximum atomic E-state index is 12.7. The molecule has 1 saturated carbocycles. The number of aliphatic hydroxyl groups is 1. The van der Waals surface area contributed by atoms with E-state index in [0.29, 0.717) is 13.2 Å². The van der Waals surface area contributed by atoms with Crippen molar-refractivity contribution in [3.8, 4) is 0 Å². The Morgan fingerprint density at radius 3 is 1.74 bits per heavy atom. The van der Waals surface area contributed by atoms with Gasteiger partial charge in [0.15, 0.2) is 0 Å². The van der Waals surface area contributed by atoms with Gasteiger partial charge in [0.1, 0.15) is 0 Å². The SMILES string of the molecule is CCOP(=O)(OCC)C(C)C(O)C1C(C)(C)C1(C)C. The lowest BCUT2D eigenvalue weighted by molar-refractivity contribution is 0.109. The van der Waals surface area contributed by atoms with E-state index in [2.05, 4.69) is 27.7 Å². The highest BCUT2D eigenvalue weighted by Crippen LogP contribution is 2.71. The summed E-state index contributed by atoms with van der Waals surface area (Å²) in [6.45, 7) is 14.5. The molecule has 1 aliphatic carbocycles. The first kappa shape index (κ1) is 17.2. The summed E-state index contributed by atoms with van der Waals surface area (Å²) in [6.07, 6.45) is -0.672. The summed E-state index contributed by atoms with van der Waals surface area (Å²) in [5, 5.41) is 10.6. The summed E-state index contributed by atoms with van der Waals surface area (Å²) in [6, 6.07) is 0. The lowest BCUT2D eigenvalue weighted by atomic mass is 10.0. The second-order valence-corrected chi connectivity index (χ2v) is 8.94. The topological polar surface area (TPSA) is 55.8 Å².